The molecule has 0 amide bonds. The van der Waals surface area contributed by atoms with E-state index in [1.807, 2.05) is 0 Å². The molecule has 0 atom stereocenters. The van der Waals surface area contributed by atoms with Gasteiger partial charge in [0.2, 0.25) is 0 Å². The number of hydrogen-bond acceptors (Lipinski definition) is 1. The molecular formula is C20H39N. The highest BCUT2D eigenvalue weighted by atomic mass is 15.2. The molecule has 0 aromatic rings. The SMILES string of the molecule is C1CC1.CCCCCC1CC(CCCN2CC(CC)C2)C1. The molecule has 3 fully saturated rings. The minimum atomic E-state index is 1.02. The summed E-state index contributed by atoms with van der Waals surface area (Å²) < 4.78 is 0. The fourth-order valence-electron chi connectivity index (χ4n) is 3.75. The summed E-state index contributed by atoms with van der Waals surface area (Å²) in [6.07, 6.45) is 17.8. The minimum Gasteiger partial charge on any atom is -0.303 e. The topological polar surface area (TPSA) is 3.24 Å². The van der Waals surface area contributed by atoms with Crippen molar-refractivity contribution in [1.29, 1.82) is 0 Å². The molecule has 0 radical (unpaired) electrons. The van der Waals surface area contributed by atoms with E-state index in [0.29, 0.717) is 0 Å². The smallest absolute Gasteiger partial charge is 0.00219 e. The van der Waals surface area contributed by atoms with E-state index >= 15 is 0 Å². The van der Waals surface area contributed by atoms with Crippen molar-refractivity contribution in [2.24, 2.45) is 17.8 Å². The molecule has 0 aromatic carbocycles. The molecule has 0 spiro atoms. The van der Waals surface area contributed by atoms with Crippen LogP contribution >= 0.6 is 0 Å². The van der Waals surface area contributed by atoms with Crippen LogP contribution in [-0.2, 0) is 0 Å². The van der Waals surface area contributed by atoms with Crippen LogP contribution in [-0.4, -0.2) is 24.5 Å². The Labute approximate surface area is 133 Å². The minimum absolute atomic E-state index is 1.02. The molecule has 3 aliphatic rings. The maximum Gasteiger partial charge on any atom is 0.00219 e. The molecule has 0 N–H and O–H groups in total. The van der Waals surface area contributed by atoms with Gasteiger partial charge < -0.3 is 4.90 Å². The average Bonchev–Trinajstić information content (AvgIpc) is 3.25. The van der Waals surface area contributed by atoms with E-state index in [1.165, 1.54) is 83.8 Å². The van der Waals surface area contributed by atoms with Crippen molar-refractivity contribution in [3.05, 3.63) is 0 Å². The molecule has 3 rings (SSSR count). The van der Waals surface area contributed by atoms with Gasteiger partial charge >= 0.3 is 0 Å². The standard InChI is InChI=1S/C17H33N.C3H6/c1-3-5-6-8-16-11-17(12-16)9-7-10-18-13-15(4-2)14-18;1-2-3-1/h15-17H,3-14H2,1-2H3;1-3H2. The Morgan fingerprint density at radius 1 is 0.762 bits per heavy atom. The monoisotopic (exact) mass is 293 g/mol. The van der Waals surface area contributed by atoms with Gasteiger partial charge in [-0.25, -0.2) is 0 Å². The van der Waals surface area contributed by atoms with Crippen LogP contribution in [0.1, 0.15) is 90.9 Å². The first-order valence-corrected chi connectivity index (χ1v) is 10.0. The van der Waals surface area contributed by atoms with Crippen LogP contribution in [0, 0.1) is 17.8 Å². The fourth-order valence-corrected chi connectivity index (χ4v) is 3.75. The first kappa shape index (κ1) is 17.3. The molecule has 0 aromatic heterocycles. The third kappa shape index (κ3) is 7.17. The molecule has 2 aliphatic carbocycles. The zero-order valence-electron chi connectivity index (χ0n) is 14.8. The Kier molecular flexibility index (Phi) is 8.14. The van der Waals surface area contributed by atoms with E-state index in [1.54, 1.807) is 12.8 Å². The normalized spacial score (nSPS) is 28.3. The lowest BCUT2D eigenvalue weighted by Crippen LogP contribution is -2.46. The van der Waals surface area contributed by atoms with Gasteiger partial charge in [-0.15, -0.1) is 0 Å². The van der Waals surface area contributed by atoms with Crippen LogP contribution in [0.5, 0.6) is 0 Å². The predicted molar refractivity (Wildman–Crippen MR) is 93.7 cm³/mol. The highest BCUT2D eigenvalue weighted by Gasteiger charge is 2.29. The summed E-state index contributed by atoms with van der Waals surface area (Å²) in [7, 11) is 0. The highest BCUT2D eigenvalue weighted by Crippen LogP contribution is 2.40. The zero-order valence-corrected chi connectivity index (χ0v) is 14.8. The van der Waals surface area contributed by atoms with Crippen molar-refractivity contribution < 1.29 is 0 Å². The van der Waals surface area contributed by atoms with Gasteiger partial charge in [0, 0.05) is 13.1 Å². The first-order valence-electron chi connectivity index (χ1n) is 10.0. The molecule has 124 valence electrons. The van der Waals surface area contributed by atoms with Crippen molar-refractivity contribution in [3.8, 4) is 0 Å². The van der Waals surface area contributed by atoms with Crippen LogP contribution in [0.2, 0.25) is 0 Å². The van der Waals surface area contributed by atoms with Gasteiger partial charge in [-0.3, -0.25) is 0 Å². The molecular weight excluding hydrogens is 254 g/mol. The van der Waals surface area contributed by atoms with Crippen molar-refractivity contribution in [2.75, 3.05) is 19.6 Å². The van der Waals surface area contributed by atoms with Gasteiger partial charge in [-0.05, 0) is 50.0 Å². The number of rotatable bonds is 9. The molecule has 1 heterocycles. The lowest BCUT2D eigenvalue weighted by molar-refractivity contribution is 0.0874. The molecule has 1 nitrogen and oxygen atoms in total. The van der Waals surface area contributed by atoms with Crippen molar-refractivity contribution in [2.45, 2.75) is 90.9 Å². The summed E-state index contributed by atoms with van der Waals surface area (Å²) in [4.78, 5) is 2.66. The van der Waals surface area contributed by atoms with Crippen LogP contribution in [0.3, 0.4) is 0 Å². The third-order valence-electron chi connectivity index (χ3n) is 5.60. The van der Waals surface area contributed by atoms with Crippen LogP contribution < -0.4 is 0 Å². The molecule has 1 aliphatic heterocycles. The second kappa shape index (κ2) is 9.87. The molecule has 1 heteroatoms. The largest absolute Gasteiger partial charge is 0.303 e. The van der Waals surface area contributed by atoms with Crippen molar-refractivity contribution in [1.82, 2.24) is 4.90 Å². The van der Waals surface area contributed by atoms with Crippen LogP contribution in [0.15, 0.2) is 0 Å². The molecule has 0 bridgehead atoms. The van der Waals surface area contributed by atoms with Crippen molar-refractivity contribution >= 4 is 0 Å². The van der Waals surface area contributed by atoms with E-state index in [-0.39, 0.29) is 0 Å². The third-order valence-corrected chi connectivity index (χ3v) is 5.60. The zero-order chi connectivity index (χ0) is 14.9. The number of unbranched alkanes of at least 4 members (excludes halogenated alkanes) is 2. The molecule has 0 unspecified atom stereocenters. The van der Waals surface area contributed by atoms with E-state index in [2.05, 4.69) is 18.7 Å². The van der Waals surface area contributed by atoms with E-state index < -0.39 is 0 Å². The Balaban J connectivity index is 0.000000477. The molecule has 1 saturated heterocycles. The second-order valence-corrected chi connectivity index (χ2v) is 7.94. The maximum atomic E-state index is 2.66. The van der Waals surface area contributed by atoms with Crippen LogP contribution in [0.4, 0.5) is 0 Å². The Morgan fingerprint density at radius 2 is 1.38 bits per heavy atom. The van der Waals surface area contributed by atoms with Crippen molar-refractivity contribution in [3.63, 3.8) is 0 Å². The summed E-state index contributed by atoms with van der Waals surface area (Å²) in [5, 5.41) is 0. The summed E-state index contributed by atoms with van der Waals surface area (Å²) >= 11 is 0. The average molecular weight is 294 g/mol. The van der Waals surface area contributed by atoms with Gasteiger partial charge in [-0.1, -0.05) is 65.2 Å². The van der Waals surface area contributed by atoms with Crippen LogP contribution in [0.25, 0.3) is 0 Å². The quantitative estimate of drug-likeness (QED) is 0.479. The first-order chi connectivity index (χ1) is 10.3. The Morgan fingerprint density at radius 3 is 1.90 bits per heavy atom. The number of nitrogens with zero attached hydrogens (tertiary/aromatic N) is 1. The van der Waals surface area contributed by atoms with Gasteiger partial charge in [0.05, 0.1) is 0 Å². The van der Waals surface area contributed by atoms with Gasteiger partial charge in [0.15, 0.2) is 0 Å². The lowest BCUT2D eigenvalue weighted by Gasteiger charge is -2.40. The van der Waals surface area contributed by atoms with Gasteiger partial charge in [0.25, 0.3) is 0 Å². The van der Waals surface area contributed by atoms with E-state index in [9.17, 15) is 0 Å². The number of likely N-dealkylation sites (tertiary alicyclic amines) is 1. The Hall–Kier alpha value is -0.0400. The second-order valence-electron chi connectivity index (χ2n) is 7.94. The summed E-state index contributed by atoms with van der Waals surface area (Å²) in [5.74, 6) is 3.23. The predicted octanol–water partition coefficient (Wildman–Crippen LogP) is 5.89. The summed E-state index contributed by atoms with van der Waals surface area (Å²) in [6, 6.07) is 0. The molecule has 2 saturated carbocycles. The fraction of sp³-hybridized carbons (Fsp3) is 1.00. The maximum absolute atomic E-state index is 2.66. The van der Waals surface area contributed by atoms with E-state index in [4.69, 9.17) is 0 Å². The van der Waals surface area contributed by atoms with Gasteiger partial charge in [-0.2, -0.15) is 0 Å². The Bertz CT molecular complexity index is 246. The lowest BCUT2D eigenvalue weighted by atomic mass is 9.70. The number of hydrogen-bond donors (Lipinski definition) is 0. The highest BCUT2D eigenvalue weighted by molar-refractivity contribution is 4.81. The molecule has 21 heavy (non-hydrogen) atoms. The summed E-state index contributed by atoms with van der Waals surface area (Å²) in [5.41, 5.74) is 0. The summed E-state index contributed by atoms with van der Waals surface area (Å²) in [6.45, 7) is 8.80. The van der Waals surface area contributed by atoms with E-state index in [0.717, 1.165) is 17.8 Å². The van der Waals surface area contributed by atoms with Gasteiger partial charge in [0.1, 0.15) is 0 Å².